The van der Waals surface area contributed by atoms with Gasteiger partial charge in [0.2, 0.25) is 0 Å². The summed E-state index contributed by atoms with van der Waals surface area (Å²) in [5.74, 6) is -1.87. The Balaban J connectivity index is 1.42. The normalized spacial score (nSPS) is 26.0. The Hall–Kier alpha value is -2.91. The van der Waals surface area contributed by atoms with Crippen molar-refractivity contribution in [1.29, 1.82) is 0 Å². The van der Waals surface area contributed by atoms with Crippen molar-refractivity contribution in [3.05, 3.63) is 59.7 Å². The molecule has 1 spiro atoms. The number of ether oxygens (including phenoxy) is 2. The number of carboxylic acid groups (broad SMARTS) is 1. The largest absolute Gasteiger partial charge is 0.480 e. The fourth-order valence-electron chi connectivity index (χ4n) is 5.16. The van der Waals surface area contributed by atoms with Gasteiger partial charge in [-0.1, -0.05) is 48.5 Å². The number of carbonyl (C=O) groups excluding carboxylic acids is 1. The van der Waals surface area contributed by atoms with E-state index in [2.05, 4.69) is 0 Å². The molecule has 2 aromatic rings. The van der Waals surface area contributed by atoms with E-state index < -0.39 is 39.4 Å². The van der Waals surface area contributed by atoms with Crippen LogP contribution in [0.4, 0.5) is 4.79 Å². The lowest BCUT2D eigenvalue weighted by Gasteiger charge is -2.39. The zero-order valence-electron chi connectivity index (χ0n) is 17.3. The van der Waals surface area contributed by atoms with Crippen LogP contribution in [-0.4, -0.2) is 67.0 Å². The molecule has 2 fully saturated rings. The summed E-state index contributed by atoms with van der Waals surface area (Å²) < 4.78 is 35.9. The number of hydrogen-bond acceptors (Lipinski definition) is 6. The van der Waals surface area contributed by atoms with Gasteiger partial charge < -0.3 is 14.6 Å². The highest BCUT2D eigenvalue weighted by Gasteiger charge is 2.57. The van der Waals surface area contributed by atoms with Crippen molar-refractivity contribution < 1.29 is 32.6 Å². The van der Waals surface area contributed by atoms with Gasteiger partial charge in [-0.3, -0.25) is 4.90 Å². The molecule has 5 rings (SSSR count). The summed E-state index contributed by atoms with van der Waals surface area (Å²) in [6.07, 6.45) is -0.323. The molecule has 1 amide bonds. The number of aliphatic carboxylic acids is 1. The van der Waals surface area contributed by atoms with Gasteiger partial charge in [-0.05, 0) is 35.1 Å². The molecule has 32 heavy (non-hydrogen) atoms. The van der Waals surface area contributed by atoms with Gasteiger partial charge in [0.25, 0.3) is 0 Å². The Labute approximate surface area is 185 Å². The second kappa shape index (κ2) is 7.60. The number of benzene rings is 2. The van der Waals surface area contributed by atoms with Crippen LogP contribution in [0, 0.1) is 0 Å². The number of fused-ring (bicyclic) bond motifs is 3. The number of hydrogen-bond donors (Lipinski definition) is 1. The van der Waals surface area contributed by atoms with Crippen LogP contribution in [0.3, 0.4) is 0 Å². The van der Waals surface area contributed by atoms with E-state index in [9.17, 15) is 23.1 Å². The van der Waals surface area contributed by atoms with Crippen molar-refractivity contribution in [2.24, 2.45) is 0 Å². The second-order valence-corrected chi connectivity index (χ2v) is 10.7. The van der Waals surface area contributed by atoms with Gasteiger partial charge in [0, 0.05) is 5.92 Å². The van der Waals surface area contributed by atoms with Crippen LogP contribution in [0.5, 0.6) is 0 Å². The average Bonchev–Trinajstić information content (AvgIpc) is 3.27. The molecule has 9 heteroatoms. The van der Waals surface area contributed by atoms with Crippen molar-refractivity contribution >= 4 is 21.9 Å². The summed E-state index contributed by atoms with van der Waals surface area (Å²) in [6.45, 7) is -0.256. The number of nitrogens with zero attached hydrogens (tertiary/aromatic N) is 1. The minimum absolute atomic E-state index is 0.00558. The van der Waals surface area contributed by atoms with Crippen molar-refractivity contribution in [1.82, 2.24) is 4.90 Å². The molecule has 2 aromatic carbocycles. The van der Waals surface area contributed by atoms with Crippen molar-refractivity contribution in [2.75, 3.05) is 24.7 Å². The first-order valence-electron chi connectivity index (χ1n) is 10.5. The third kappa shape index (κ3) is 3.36. The summed E-state index contributed by atoms with van der Waals surface area (Å²) in [6, 6.07) is 14.5. The van der Waals surface area contributed by atoms with Crippen LogP contribution in [-0.2, 0) is 24.1 Å². The molecule has 2 unspecified atom stereocenters. The van der Waals surface area contributed by atoms with Gasteiger partial charge in [0.05, 0.1) is 18.1 Å². The fourth-order valence-corrected chi connectivity index (χ4v) is 6.94. The molecule has 1 aliphatic carbocycles. The highest BCUT2D eigenvalue weighted by Crippen LogP contribution is 2.45. The van der Waals surface area contributed by atoms with Crippen LogP contribution in [0.2, 0.25) is 0 Å². The lowest BCUT2D eigenvalue weighted by atomic mass is 9.98. The van der Waals surface area contributed by atoms with E-state index in [4.69, 9.17) is 9.47 Å². The maximum Gasteiger partial charge on any atom is 0.412 e. The zero-order chi connectivity index (χ0) is 22.5. The van der Waals surface area contributed by atoms with Gasteiger partial charge in [-0.25, -0.2) is 18.0 Å². The Kier molecular flexibility index (Phi) is 4.98. The van der Waals surface area contributed by atoms with Gasteiger partial charge in [-0.2, -0.15) is 0 Å². The topological polar surface area (TPSA) is 110 Å². The van der Waals surface area contributed by atoms with E-state index in [1.54, 1.807) is 0 Å². The third-order valence-electron chi connectivity index (χ3n) is 6.55. The van der Waals surface area contributed by atoms with Crippen LogP contribution < -0.4 is 0 Å². The van der Waals surface area contributed by atoms with Gasteiger partial charge in [0.1, 0.15) is 6.61 Å². The first kappa shape index (κ1) is 21.0. The van der Waals surface area contributed by atoms with E-state index in [1.807, 2.05) is 48.5 Å². The molecule has 0 bridgehead atoms. The van der Waals surface area contributed by atoms with E-state index in [1.165, 1.54) is 0 Å². The molecule has 1 N–H and O–H groups in total. The third-order valence-corrected chi connectivity index (χ3v) is 8.35. The van der Waals surface area contributed by atoms with E-state index >= 15 is 0 Å². The molecular formula is C23H23NO7S. The van der Waals surface area contributed by atoms with Crippen LogP contribution in [0.15, 0.2) is 48.5 Å². The molecule has 2 saturated heterocycles. The van der Waals surface area contributed by atoms with Gasteiger partial charge in [0.15, 0.2) is 21.6 Å². The molecule has 8 nitrogen and oxygen atoms in total. The average molecular weight is 458 g/mol. The molecule has 2 atom stereocenters. The van der Waals surface area contributed by atoms with E-state index in [-0.39, 0.29) is 31.3 Å². The standard InChI is InChI=1S/C23H23NO7S/c25-21(26)20-13-31-23(10-5-11-32(28,29)14-23)24(20)22(27)30-12-19-17-8-3-1-6-15(17)16-7-2-4-9-18(16)19/h1-4,6-9,19-20H,5,10-14H2,(H,25,26). The molecule has 0 radical (unpaired) electrons. The maximum atomic E-state index is 13.2. The predicted octanol–water partition coefficient (Wildman–Crippen LogP) is 2.63. The molecule has 2 heterocycles. The lowest BCUT2D eigenvalue weighted by molar-refractivity contribution is -0.142. The highest BCUT2D eigenvalue weighted by atomic mass is 32.2. The van der Waals surface area contributed by atoms with E-state index in [0.29, 0.717) is 6.42 Å². The minimum atomic E-state index is -3.47. The molecule has 3 aliphatic rings. The number of rotatable bonds is 3. The first-order chi connectivity index (χ1) is 15.3. The van der Waals surface area contributed by atoms with Crippen LogP contribution >= 0.6 is 0 Å². The first-order valence-corrected chi connectivity index (χ1v) is 12.3. The predicted molar refractivity (Wildman–Crippen MR) is 115 cm³/mol. The zero-order valence-corrected chi connectivity index (χ0v) is 18.1. The summed E-state index contributed by atoms with van der Waals surface area (Å²) in [5.41, 5.74) is 2.72. The quantitative estimate of drug-likeness (QED) is 0.754. The second-order valence-electron chi connectivity index (χ2n) is 8.48. The van der Waals surface area contributed by atoms with Crippen molar-refractivity contribution in [3.8, 4) is 11.1 Å². The van der Waals surface area contributed by atoms with Crippen LogP contribution in [0.25, 0.3) is 11.1 Å². The van der Waals surface area contributed by atoms with Crippen molar-refractivity contribution in [2.45, 2.75) is 30.5 Å². The number of sulfone groups is 1. The molecule has 0 saturated carbocycles. The number of carbonyl (C=O) groups is 2. The van der Waals surface area contributed by atoms with Crippen LogP contribution in [0.1, 0.15) is 29.9 Å². The maximum absolute atomic E-state index is 13.2. The minimum Gasteiger partial charge on any atom is -0.480 e. The number of carboxylic acids is 1. The van der Waals surface area contributed by atoms with Gasteiger partial charge in [-0.15, -0.1) is 0 Å². The monoisotopic (exact) mass is 457 g/mol. The smallest absolute Gasteiger partial charge is 0.412 e. The Morgan fingerprint density at radius 1 is 1.09 bits per heavy atom. The highest BCUT2D eigenvalue weighted by molar-refractivity contribution is 7.91. The Bertz CT molecular complexity index is 1150. The Morgan fingerprint density at radius 2 is 1.72 bits per heavy atom. The molecule has 2 aliphatic heterocycles. The van der Waals surface area contributed by atoms with Crippen molar-refractivity contribution in [3.63, 3.8) is 0 Å². The summed E-state index contributed by atoms with van der Waals surface area (Å²) in [5, 5.41) is 9.64. The lowest BCUT2D eigenvalue weighted by Crippen LogP contribution is -2.58. The SMILES string of the molecule is O=C(O)C1COC2(CCCS(=O)(=O)C2)N1C(=O)OCC1c2ccccc2-c2ccccc21. The van der Waals surface area contributed by atoms with Gasteiger partial charge >= 0.3 is 12.1 Å². The molecular weight excluding hydrogens is 434 g/mol. The molecule has 0 aromatic heterocycles. The number of amides is 1. The summed E-state index contributed by atoms with van der Waals surface area (Å²) in [4.78, 5) is 26.0. The Morgan fingerprint density at radius 3 is 2.31 bits per heavy atom. The van der Waals surface area contributed by atoms with E-state index in [0.717, 1.165) is 27.2 Å². The fraction of sp³-hybridized carbons (Fsp3) is 0.391. The molecule has 168 valence electrons. The summed E-state index contributed by atoms with van der Waals surface area (Å²) in [7, 11) is -3.47. The summed E-state index contributed by atoms with van der Waals surface area (Å²) >= 11 is 0.